The zero-order valence-electron chi connectivity index (χ0n) is 17.4. The van der Waals surface area contributed by atoms with Crippen molar-refractivity contribution in [1.82, 2.24) is 0 Å². The van der Waals surface area contributed by atoms with E-state index in [9.17, 15) is 9.59 Å². The summed E-state index contributed by atoms with van der Waals surface area (Å²) in [5.74, 6) is -1.10. The predicted molar refractivity (Wildman–Crippen MR) is 113 cm³/mol. The Labute approximate surface area is 173 Å². The molecule has 0 heterocycles. The number of para-hydroxylation sites is 1. The van der Waals surface area contributed by atoms with E-state index in [-0.39, 0.29) is 19.3 Å². The van der Waals surface area contributed by atoms with Gasteiger partial charge in [0.2, 0.25) is 0 Å². The molecule has 2 aromatic rings. The second-order valence-electron chi connectivity index (χ2n) is 6.78. The average molecular weight is 398 g/mol. The molecule has 29 heavy (non-hydrogen) atoms. The molecule has 0 saturated heterocycles. The van der Waals surface area contributed by atoms with Gasteiger partial charge in [-0.15, -0.1) is 0 Å². The quantitative estimate of drug-likeness (QED) is 0.392. The minimum Gasteiger partial charge on any atom is -0.490 e. The molecule has 1 unspecified atom stereocenters. The van der Waals surface area contributed by atoms with Gasteiger partial charge in [0.1, 0.15) is 5.75 Å². The van der Waals surface area contributed by atoms with E-state index in [1.54, 1.807) is 13.8 Å². The van der Waals surface area contributed by atoms with Gasteiger partial charge in [-0.3, -0.25) is 9.59 Å². The summed E-state index contributed by atoms with van der Waals surface area (Å²) in [6.07, 6.45) is 1.67. The molecular weight excluding hydrogens is 368 g/mol. The van der Waals surface area contributed by atoms with Crippen LogP contribution in [-0.2, 0) is 19.1 Å². The zero-order chi connectivity index (χ0) is 21.1. The van der Waals surface area contributed by atoms with Gasteiger partial charge in [-0.1, -0.05) is 48.5 Å². The molecule has 0 aliphatic heterocycles. The molecule has 0 amide bonds. The summed E-state index contributed by atoms with van der Waals surface area (Å²) in [4.78, 5) is 24.1. The number of ether oxygens (including phenoxy) is 3. The molecule has 0 saturated carbocycles. The Morgan fingerprint density at radius 3 is 2.03 bits per heavy atom. The smallest absolute Gasteiger partial charge is 0.320 e. The predicted octanol–water partition coefficient (Wildman–Crippen LogP) is 5.03. The molecule has 1 atom stereocenters. The van der Waals surface area contributed by atoms with Crippen molar-refractivity contribution in [3.63, 3.8) is 0 Å². The van der Waals surface area contributed by atoms with Crippen LogP contribution in [0.2, 0.25) is 0 Å². The topological polar surface area (TPSA) is 61.8 Å². The zero-order valence-corrected chi connectivity index (χ0v) is 17.4. The number of esters is 2. The van der Waals surface area contributed by atoms with Crippen molar-refractivity contribution in [3.8, 4) is 16.9 Å². The molecule has 2 aromatic carbocycles. The van der Waals surface area contributed by atoms with Crippen LogP contribution in [0.15, 0.2) is 54.6 Å². The van der Waals surface area contributed by atoms with Crippen molar-refractivity contribution in [2.75, 3.05) is 13.2 Å². The Kier molecular flexibility index (Phi) is 9.22. The lowest BCUT2D eigenvalue weighted by atomic mass is 10.0. The highest BCUT2D eigenvalue weighted by Crippen LogP contribution is 2.30. The third kappa shape index (κ3) is 6.93. The maximum atomic E-state index is 12.1. The molecule has 0 aliphatic carbocycles. The Morgan fingerprint density at radius 2 is 1.41 bits per heavy atom. The third-order valence-corrected chi connectivity index (χ3v) is 4.55. The van der Waals surface area contributed by atoms with Gasteiger partial charge in [0.25, 0.3) is 0 Å². The number of carbonyl (C=O) groups is 2. The molecule has 5 nitrogen and oxygen atoms in total. The Hall–Kier alpha value is -2.82. The number of hydrogen-bond donors (Lipinski definition) is 0. The number of hydrogen-bond acceptors (Lipinski definition) is 5. The first kappa shape index (κ1) is 22.5. The molecule has 0 aliphatic rings. The Balaban J connectivity index is 1.95. The van der Waals surface area contributed by atoms with Crippen molar-refractivity contribution in [2.24, 2.45) is 5.92 Å². The van der Waals surface area contributed by atoms with E-state index in [2.05, 4.69) is 12.1 Å². The summed E-state index contributed by atoms with van der Waals surface area (Å²) >= 11 is 0. The van der Waals surface area contributed by atoms with Gasteiger partial charge in [0, 0.05) is 5.56 Å². The SMILES string of the molecule is CCOC(=O)C(CCCC(C)Oc1ccccc1-c1ccccc1)C(=O)OCC. The molecule has 156 valence electrons. The van der Waals surface area contributed by atoms with E-state index >= 15 is 0 Å². The maximum Gasteiger partial charge on any atom is 0.320 e. The van der Waals surface area contributed by atoms with Crippen LogP contribution in [-0.4, -0.2) is 31.3 Å². The fraction of sp³-hybridized carbons (Fsp3) is 0.417. The van der Waals surface area contributed by atoms with Gasteiger partial charge < -0.3 is 14.2 Å². The highest BCUT2D eigenvalue weighted by Gasteiger charge is 2.29. The number of benzene rings is 2. The maximum absolute atomic E-state index is 12.1. The van der Waals surface area contributed by atoms with Crippen LogP contribution in [0.5, 0.6) is 5.75 Å². The van der Waals surface area contributed by atoms with E-state index in [1.807, 2.05) is 49.4 Å². The first-order valence-corrected chi connectivity index (χ1v) is 10.2. The van der Waals surface area contributed by atoms with E-state index < -0.39 is 17.9 Å². The van der Waals surface area contributed by atoms with Crippen LogP contribution in [0.25, 0.3) is 11.1 Å². The van der Waals surface area contributed by atoms with Crippen molar-refractivity contribution in [3.05, 3.63) is 54.6 Å². The lowest BCUT2D eigenvalue weighted by Crippen LogP contribution is -2.28. The number of rotatable bonds is 11. The summed E-state index contributed by atoms with van der Waals surface area (Å²) in [7, 11) is 0. The summed E-state index contributed by atoms with van der Waals surface area (Å²) in [5.41, 5.74) is 2.14. The van der Waals surface area contributed by atoms with Crippen molar-refractivity contribution in [1.29, 1.82) is 0 Å². The monoisotopic (exact) mass is 398 g/mol. The summed E-state index contributed by atoms with van der Waals surface area (Å²) < 4.78 is 16.2. The molecule has 0 bridgehead atoms. The normalized spacial score (nSPS) is 11.7. The second-order valence-corrected chi connectivity index (χ2v) is 6.78. The molecule has 5 heteroatoms. The minimum atomic E-state index is -0.876. The van der Waals surface area contributed by atoms with Gasteiger partial charge in [0.15, 0.2) is 5.92 Å². The third-order valence-electron chi connectivity index (χ3n) is 4.55. The van der Waals surface area contributed by atoms with E-state index in [1.165, 1.54) is 0 Å². The Bertz CT molecular complexity index is 754. The largest absolute Gasteiger partial charge is 0.490 e. The van der Waals surface area contributed by atoms with E-state index in [0.717, 1.165) is 16.9 Å². The fourth-order valence-corrected chi connectivity index (χ4v) is 3.13. The lowest BCUT2D eigenvalue weighted by molar-refractivity contribution is -0.162. The van der Waals surface area contributed by atoms with Crippen LogP contribution in [0.4, 0.5) is 0 Å². The second kappa shape index (κ2) is 11.9. The summed E-state index contributed by atoms with van der Waals surface area (Å²) in [6.45, 7) is 5.92. The summed E-state index contributed by atoms with van der Waals surface area (Å²) in [6, 6.07) is 18.0. The molecule has 2 rings (SSSR count). The molecule has 0 spiro atoms. The molecule has 0 fully saturated rings. The van der Waals surface area contributed by atoms with Crippen LogP contribution in [0.3, 0.4) is 0 Å². The molecule has 0 radical (unpaired) electrons. The van der Waals surface area contributed by atoms with Gasteiger partial charge in [0.05, 0.1) is 19.3 Å². The van der Waals surface area contributed by atoms with Gasteiger partial charge in [-0.05, 0) is 51.7 Å². The molecule has 0 aromatic heterocycles. The first-order valence-electron chi connectivity index (χ1n) is 10.2. The highest BCUT2D eigenvalue weighted by atomic mass is 16.6. The Morgan fingerprint density at radius 1 is 0.828 bits per heavy atom. The molecule has 0 N–H and O–H groups in total. The van der Waals surface area contributed by atoms with Crippen LogP contribution in [0.1, 0.15) is 40.0 Å². The standard InChI is InChI=1S/C24H30O5/c1-4-27-23(25)21(24(26)28-5-2)16-11-12-18(3)29-22-17-10-9-15-20(22)19-13-7-6-8-14-19/h6-10,13-15,17-18,21H,4-5,11-12,16H2,1-3H3. The number of carbonyl (C=O) groups excluding carboxylic acids is 2. The van der Waals surface area contributed by atoms with Crippen LogP contribution >= 0.6 is 0 Å². The van der Waals surface area contributed by atoms with Crippen molar-refractivity contribution >= 4 is 11.9 Å². The van der Waals surface area contributed by atoms with E-state index in [0.29, 0.717) is 19.3 Å². The van der Waals surface area contributed by atoms with Crippen LogP contribution < -0.4 is 4.74 Å². The van der Waals surface area contributed by atoms with Gasteiger partial charge >= 0.3 is 11.9 Å². The lowest BCUT2D eigenvalue weighted by Gasteiger charge is -2.19. The van der Waals surface area contributed by atoms with Crippen LogP contribution in [0, 0.1) is 5.92 Å². The van der Waals surface area contributed by atoms with E-state index in [4.69, 9.17) is 14.2 Å². The van der Waals surface area contributed by atoms with Crippen molar-refractivity contribution in [2.45, 2.75) is 46.1 Å². The highest BCUT2D eigenvalue weighted by molar-refractivity contribution is 5.94. The van der Waals surface area contributed by atoms with Gasteiger partial charge in [-0.25, -0.2) is 0 Å². The minimum absolute atomic E-state index is 0.0649. The van der Waals surface area contributed by atoms with Gasteiger partial charge in [-0.2, -0.15) is 0 Å². The average Bonchev–Trinajstić information content (AvgIpc) is 2.72. The molecular formula is C24H30O5. The fourth-order valence-electron chi connectivity index (χ4n) is 3.13. The first-order chi connectivity index (χ1) is 14.1. The van der Waals surface area contributed by atoms with Crippen molar-refractivity contribution < 1.29 is 23.8 Å². The summed E-state index contributed by atoms with van der Waals surface area (Å²) in [5, 5.41) is 0.